The Hall–Kier alpha value is -1.61. The van der Waals surface area contributed by atoms with Crippen LogP contribution >= 0.6 is 24.0 Å². The predicted octanol–water partition coefficient (Wildman–Crippen LogP) is 4.21. The number of nitrogens with zero attached hydrogens (tertiary/aromatic N) is 4. The van der Waals surface area contributed by atoms with Crippen molar-refractivity contribution >= 4 is 29.9 Å². The molecule has 0 radical (unpaired) electrons. The van der Waals surface area contributed by atoms with Crippen LogP contribution in [0.25, 0.3) is 0 Å². The Morgan fingerprint density at radius 2 is 1.93 bits per heavy atom. The minimum Gasteiger partial charge on any atom is -0.381 e. The Bertz CT molecular complexity index is 745. The van der Waals surface area contributed by atoms with Gasteiger partial charge in [-0.3, -0.25) is 9.67 Å². The number of guanidine groups is 1. The lowest BCUT2D eigenvalue weighted by Gasteiger charge is -2.22. The Morgan fingerprint density at radius 3 is 2.60 bits per heavy atom. The average molecular weight is 527 g/mol. The van der Waals surface area contributed by atoms with Crippen LogP contribution < -0.4 is 5.32 Å². The number of rotatable bonds is 11. The molecule has 0 bridgehead atoms. The van der Waals surface area contributed by atoms with Gasteiger partial charge in [-0.1, -0.05) is 44.2 Å². The summed E-state index contributed by atoms with van der Waals surface area (Å²) in [5.41, 5.74) is 3.73. The smallest absolute Gasteiger partial charge is 0.193 e. The third kappa shape index (κ3) is 9.04. The molecule has 168 valence electrons. The van der Waals surface area contributed by atoms with Crippen molar-refractivity contribution in [1.82, 2.24) is 20.0 Å². The van der Waals surface area contributed by atoms with E-state index in [0.29, 0.717) is 5.92 Å². The molecule has 30 heavy (non-hydrogen) atoms. The van der Waals surface area contributed by atoms with E-state index >= 15 is 0 Å². The molecule has 6 nitrogen and oxygen atoms in total. The highest BCUT2D eigenvalue weighted by molar-refractivity contribution is 14.0. The zero-order valence-electron chi connectivity index (χ0n) is 19.1. The van der Waals surface area contributed by atoms with E-state index < -0.39 is 0 Å². The molecule has 1 N–H and O–H groups in total. The van der Waals surface area contributed by atoms with E-state index in [1.54, 1.807) is 0 Å². The van der Waals surface area contributed by atoms with Gasteiger partial charge in [0.15, 0.2) is 5.96 Å². The van der Waals surface area contributed by atoms with Crippen molar-refractivity contribution in [2.45, 2.75) is 45.6 Å². The molecule has 0 spiro atoms. The molecule has 0 amide bonds. The molecule has 0 aliphatic rings. The van der Waals surface area contributed by atoms with Gasteiger partial charge in [-0.15, -0.1) is 24.0 Å². The van der Waals surface area contributed by atoms with E-state index in [1.165, 1.54) is 11.1 Å². The number of unbranched alkanes of at least 4 members (excludes halogenated alkanes) is 1. The molecular formula is C23H38IN5O. The Morgan fingerprint density at radius 1 is 1.20 bits per heavy atom. The Labute approximate surface area is 199 Å². The number of nitrogens with one attached hydrogen (secondary N) is 1. The second kappa shape index (κ2) is 14.4. The lowest BCUT2D eigenvalue weighted by molar-refractivity contribution is 0.133. The zero-order chi connectivity index (χ0) is 21.1. The first-order chi connectivity index (χ1) is 14.0. The van der Waals surface area contributed by atoms with Crippen LogP contribution in [0.5, 0.6) is 0 Å². The highest BCUT2D eigenvalue weighted by Crippen LogP contribution is 2.18. The largest absolute Gasteiger partial charge is 0.381 e. The highest BCUT2D eigenvalue weighted by atomic mass is 127. The second-order valence-corrected chi connectivity index (χ2v) is 7.75. The van der Waals surface area contributed by atoms with Crippen LogP contribution in [0.3, 0.4) is 0 Å². The number of aryl methyl sites for hydroxylation is 1. The molecular weight excluding hydrogens is 489 g/mol. The standard InChI is InChI=1S/C23H37N5O.HI/c1-19(2)22-21(18-28(5)26-22)17-27(4)23(24-3)25-14-9-10-15-29-16-13-20-11-7-6-8-12-20;/h6-8,11-12,18-19H,9-10,13-17H2,1-5H3,(H,24,25);1H. The van der Waals surface area contributed by atoms with Crippen molar-refractivity contribution in [2.75, 3.05) is 33.9 Å². The normalized spacial score (nSPS) is 11.5. The molecule has 1 aromatic carbocycles. The monoisotopic (exact) mass is 527 g/mol. The fourth-order valence-corrected chi connectivity index (χ4v) is 3.34. The maximum atomic E-state index is 5.76. The molecule has 0 saturated carbocycles. The van der Waals surface area contributed by atoms with Crippen molar-refractivity contribution < 1.29 is 4.74 Å². The topological polar surface area (TPSA) is 54.7 Å². The van der Waals surface area contributed by atoms with Gasteiger partial charge in [0.25, 0.3) is 0 Å². The van der Waals surface area contributed by atoms with Gasteiger partial charge in [0.05, 0.1) is 12.3 Å². The fourth-order valence-electron chi connectivity index (χ4n) is 3.34. The zero-order valence-corrected chi connectivity index (χ0v) is 21.4. The molecule has 0 atom stereocenters. The first-order valence-electron chi connectivity index (χ1n) is 10.6. The maximum Gasteiger partial charge on any atom is 0.193 e. The number of hydrogen-bond acceptors (Lipinski definition) is 3. The van der Waals surface area contributed by atoms with E-state index in [9.17, 15) is 0 Å². The van der Waals surface area contributed by atoms with E-state index in [1.807, 2.05) is 24.8 Å². The van der Waals surface area contributed by atoms with Gasteiger partial charge in [0, 0.05) is 52.6 Å². The highest BCUT2D eigenvalue weighted by Gasteiger charge is 2.14. The minimum absolute atomic E-state index is 0. The Balaban J connectivity index is 0.00000450. The lowest BCUT2D eigenvalue weighted by atomic mass is 10.1. The first-order valence-corrected chi connectivity index (χ1v) is 10.6. The van der Waals surface area contributed by atoms with Gasteiger partial charge >= 0.3 is 0 Å². The first kappa shape index (κ1) is 26.4. The summed E-state index contributed by atoms with van der Waals surface area (Å²) in [7, 11) is 5.88. The van der Waals surface area contributed by atoms with Crippen LogP contribution in [-0.4, -0.2) is 54.5 Å². The quantitative estimate of drug-likeness (QED) is 0.206. The maximum absolute atomic E-state index is 5.76. The molecule has 7 heteroatoms. The molecule has 0 aliphatic heterocycles. The molecule has 0 fully saturated rings. The summed E-state index contributed by atoms with van der Waals surface area (Å²) in [5, 5.41) is 8.05. The second-order valence-electron chi connectivity index (χ2n) is 7.75. The van der Waals surface area contributed by atoms with Crippen LogP contribution in [0.2, 0.25) is 0 Å². The number of hydrogen-bond donors (Lipinski definition) is 1. The van der Waals surface area contributed by atoms with Crippen molar-refractivity contribution in [2.24, 2.45) is 12.0 Å². The SMILES string of the molecule is CN=C(NCCCCOCCc1ccccc1)N(C)Cc1cn(C)nc1C(C)C.I. The molecule has 1 heterocycles. The summed E-state index contributed by atoms with van der Waals surface area (Å²) < 4.78 is 7.65. The molecule has 0 saturated heterocycles. The lowest BCUT2D eigenvalue weighted by Crippen LogP contribution is -2.39. The average Bonchev–Trinajstić information content (AvgIpc) is 3.08. The molecule has 1 aromatic heterocycles. The molecule has 0 aliphatic carbocycles. The van der Waals surface area contributed by atoms with Gasteiger partial charge in [0.1, 0.15) is 0 Å². The van der Waals surface area contributed by atoms with Crippen LogP contribution in [0.4, 0.5) is 0 Å². The van der Waals surface area contributed by atoms with Crippen LogP contribution in [0.1, 0.15) is 49.4 Å². The van der Waals surface area contributed by atoms with Gasteiger partial charge in [-0.2, -0.15) is 5.10 Å². The van der Waals surface area contributed by atoms with Crippen molar-refractivity contribution in [3.8, 4) is 0 Å². The molecule has 0 unspecified atom stereocenters. The van der Waals surface area contributed by atoms with E-state index in [4.69, 9.17) is 4.74 Å². The van der Waals surface area contributed by atoms with E-state index in [-0.39, 0.29) is 24.0 Å². The van der Waals surface area contributed by atoms with Crippen LogP contribution in [0, 0.1) is 0 Å². The number of aliphatic imine (C=N–C) groups is 1. The van der Waals surface area contributed by atoms with Gasteiger partial charge in [-0.25, -0.2) is 0 Å². The summed E-state index contributed by atoms with van der Waals surface area (Å²) in [6.07, 6.45) is 5.18. The summed E-state index contributed by atoms with van der Waals surface area (Å²) in [6, 6.07) is 10.5. The van der Waals surface area contributed by atoms with Gasteiger partial charge < -0.3 is 15.0 Å². The third-order valence-corrected chi connectivity index (χ3v) is 4.84. The van der Waals surface area contributed by atoms with Crippen molar-refractivity contribution in [3.63, 3.8) is 0 Å². The molecule has 2 aromatic rings. The number of ether oxygens (including phenoxy) is 1. The van der Waals surface area contributed by atoms with E-state index in [2.05, 4.69) is 71.7 Å². The van der Waals surface area contributed by atoms with Crippen LogP contribution in [0.15, 0.2) is 41.5 Å². The van der Waals surface area contributed by atoms with E-state index in [0.717, 1.165) is 57.2 Å². The number of benzene rings is 1. The van der Waals surface area contributed by atoms with Gasteiger partial charge in [-0.05, 0) is 30.7 Å². The minimum atomic E-state index is 0. The number of halogens is 1. The van der Waals surface area contributed by atoms with Crippen molar-refractivity contribution in [3.05, 3.63) is 53.3 Å². The van der Waals surface area contributed by atoms with Crippen molar-refractivity contribution in [1.29, 1.82) is 0 Å². The fraction of sp³-hybridized carbons (Fsp3) is 0.565. The summed E-state index contributed by atoms with van der Waals surface area (Å²) in [6.45, 7) is 7.63. The predicted molar refractivity (Wildman–Crippen MR) is 136 cm³/mol. The van der Waals surface area contributed by atoms with Gasteiger partial charge in [0.2, 0.25) is 0 Å². The molecule has 2 rings (SSSR count). The number of aromatic nitrogens is 2. The summed E-state index contributed by atoms with van der Waals surface area (Å²) in [4.78, 5) is 6.57. The third-order valence-electron chi connectivity index (χ3n) is 4.84. The Kier molecular flexibility index (Phi) is 12.7. The summed E-state index contributed by atoms with van der Waals surface area (Å²) in [5.74, 6) is 1.32. The van der Waals surface area contributed by atoms with Crippen LogP contribution in [-0.2, 0) is 24.8 Å². The summed E-state index contributed by atoms with van der Waals surface area (Å²) >= 11 is 0.